The van der Waals surface area contributed by atoms with Gasteiger partial charge in [0.2, 0.25) is 0 Å². The second-order valence-electron chi connectivity index (χ2n) is 4.84. The van der Waals surface area contributed by atoms with E-state index >= 15 is 0 Å². The van der Waals surface area contributed by atoms with Gasteiger partial charge in [-0.25, -0.2) is 4.98 Å². The molecule has 0 aliphatic carbocycles. The molecule has 0 spiro atoms. The number of hydrogen-bond donors (Lipinski definition) is 2. The van der Waals surface area contributed by atoms with Crippen LogP contribution in [0.4, 0.5) is 0 Å². The van der Waals surface area contributed by atoms with Crippen molar-refractivity contribution in [3.8, 4) is 0 Å². The summed E-state index contributed by atoms with van der Waals surface area (Å²) in [5.41, 5.74) is 6.95. The fourth-order valence-electron chi connectivity index (χ4n) is 1.71. The molecule has 3 N–H and O–H groups in total. The van der Waals surface area contributed by atoms with E-state index in [0.29, 0.717) is 5.82 Å². The van der Waals surface area contributed by atoms with Crippen LogP contribution in [0.15, 0.2) is 4.79 Å². The van der Waals surface area contributed by atoms with Gasteiger partial charge in [-0.2, -0.15) is 0 Å². The summed E-state index contributed by atoms with van der Waals surface area (Å²) in [6, 6.07) is 0. The van der Waals surface area contributed by atoms with Crippen LogP contribution >= 0.6 is 12.4 Å². The normalized spacial score (nSPS) is 14.3. The molecule has 0 bridgehead atoms. The summed E-state index contributed by atoms with van der Waals surface area (Å²) in [7, 11) is 0. The van der Waals surface area contributed by atoms with Crippen LogP contribution in [0.1, 0.15) is 57.1 Å². The number of H-pyrrole nitrogens is 1. The number of aromatic amines is 1. The zero-order valence-electron chi connectivity index (χ0n) is 11.1. The van der Waals surface area contributed by atoms with Crippen molar-refractivity contribution in [1.82, 2.24) is 9.97 Å². The fourth-order valence-corrected chi connectivity index (χ4v) is 1.71. The lowest BCUT2D eigenvalue weighted by Crippen LogP contribution is -2.37. The first-order valence-electron chi connectivity index (χ1n) is 5.69. The van der Waals surface area contributed by atoms with Gasteiger partial charge in [0.25, 0.3) is 5.56 Å². The van der Waals surface area contributed by atoms with Crippen molar-refractivity contribution in [2.24, 2.45) is 5.73 Å². The van der Waals surface area contributed by atoms with E-state index in [4.69, 9.17) is 5.73 Å². The molecule has 5 heteroatoms. The van der Waals surface area contributed by atoms with Gasteiger partial charge in [-0.3, -0.25) is 4.79 Å². The Bertz CT molecular complexity index is 438. The Morgan fingerprint density at radius 2 is 2.00 bits per heavy atom. The minimum Gasteiger partial charge on any atom is -0.319 e. The molecule has 4 nitrogen and oxygen atoms in total. The Balaban J connectivity index is 0.00000256. The molecule has 0 aliphatic rings. The number of nitrogens with two attached hydrogens (primary N) is 1. The maximum absolute atomic E-state index is 11.9. The molecule has 0 radical (unpaired) electrons. The van der Waals surface area contributed by atoms with E-state index in [1.54, 1.807) is 0 Å². The van der Waals surface area contributed by atoms with Crippen molar-refractivity contribution in [3.63, 3.8) is 0 Å². The van der Waals surface area contributed by atoms with Crippen LogP contribution in [0.25, 0.3) is 0 Å². The SMILES string of the molecule is CCC(C)(N)c1nc(C)c(C(C)C)c(=O)[nH]1.Cl. The number of nitrogens with one attached hydrogen (secondary N) is 1. The van der Waals surface area contributed by atoms with Gasteiger partial charge in [0.1, 0.15) is 5.82 Å². The molecule has 0 fully saturated rings. The molecule has 98 valence electrons. The zero-order chi connectivity index (χ0) is 12.5. The minimum atomic E-state index is -0.570. The number of hydrogen-bond acceptors (Lipinski definition) is 3. The van der Waals surface area contributed by atoms with Crippen LogP contribution in [0.3, 0.4) is 0 Å². The molecule has 0 aromatic carbocycles. The van der Waals surface area contributed by atoms with Crippen LogP contribution in [0, 0.1) is 6.92 Å². The fraction of sp³-hybridized carbons (Fsp3) is 0.667. The summed E-state index contributed by atoms with van der Waals surface area (Å²) >= 11 is 0. The van der Waals surface area contributed by atoms with Gasteiger partial charge in [0.05, 0.1) is 5.54 Å². The Morgan fingerprint density at radius 3 is 2.35 bits per heavy atom. The lowest BCUT2D eigenvalue weighted by atomic mass is 9.98. The Kier molecular flexibility index (Phi) is 5.36. The van der Waals surface area contributed by atoms with Gasteiger partial charge >= 0.3 is 0 Å². The molecular formula is C12H22ClN3O. The highest BCUT2D eigenvalue weighted by atomic mass is 35.5. The second-order valence-corrected chi connectivity index (χ2v) is 4.84. The summed E-state index contributed by atoms with van der Waals surface area (Å²) in [5.74, 6) is 0.748. The van der Waals surface area contributed by atoms with E-state index in [1.807, 2.05) is 34.6 Å². The van der Waals surface area contributed by atoms with E-state index in [9.17, 15) is 4.79 Å². The van der Waals surface area contributed by atoms with Crippen molar-refractivity contribution < 1.29 is 0 Å². The molecular weight excluding hydrogens is 238 g/mol. The Morgan fingerprint density at radius 1 is 1.47 bits per heavy atom. The largest absolute Gasteiger partial charge is 0.319 e. The van der Waals surface area contributed by atoms with E-state index in [2.05, 4.69) is 9.97 Å². The lowest BCUT2D eigenvalue weighted by Gasteiger charge is -2.22. The first kappa shape index (κ1) is 16.1. The highest BCUT2D eigenvalue weighted by Crippen LogP contribution is 2.19. The van der Waals surface area contributed by atoms with Crippen molar-refractivity contribution in [2.75, 3.05) is 0 Å². The minimum absolute atomic E-state index is 0. The predicted molar refractivity (Wildman–Crippen MR) is 72.8 cm³/mol. The van der Waals surface area contributed by atoms with Gasteiger partial charge in [0.15, 0.2) is 0 Å². The van der Waals surface area contributed by atoms with Crippen LogP contribution in [0.5, 0.6) is 0 Å². The third-order valence-electron chi connectivity index (χ3n) is 3.00. The number of halogens is 1. The van der Waals surface area contributed by atoms with Crippen LogP contribution in [-0.2, 0) is 5.54 Å². The summed E-state index contributed by atoms with van der Waals surface area (Å²) < 4.78 is 0. The van der Waals surface area contributed by atoms with E-state index in [-0.39, 0.29) is 23.9 Å². The van der Waals surface area contributed by atoms with Gasteiger partial charge in [-0.05, 0) is 26.2 Å². The standard InChI is InChI=1S/C12H21N3O.ClH/c1-6-12(5,13)11-14-8(4)9(7(2)3)10(16)15-11;/h7H,6,13H2,1-5H3,(H,14,15,16);1H. The smallest absolute Gasteiger partial charge is 0.254 e. The van der Waals surface area contributed by atoms with Crippen molar-refractivity contribution in [2.45, 2.75) is 52.5 Å². The van der Waals surface area contributed by atoms with Crippen LogP contribution < -0.4 is 11.3 Å². The highest BCUT2D eigenvalue weighted by Gasteiger charge is 2.23. The third-order valence-corrected chi connectivity index (χ3v) is 3.00. The maximum atomic E-state index is 11.9. The number of aromatic nitrogens is 2. The highest BCUT2D eigenvalue weighted by molar-refractivity contribution is 5.85. The zero-order valence-corrected chi connectivity index (χ0v) is 11.9. The number of nitrogens with zero attached hydrogens (tertiary/aromatic N) is 1. The van der Waals surface area contributed by atoms with Crippen LogP contribution in [-0.4, -0.2) is 9.97 Å². The number of rotatable bonds is 3. The molecule has 0 amide bonds. The maximum Gasteiger partial charge on any atom is 0.254 e. The first-order chi connectivity index (χ1) is 7.29. The molecule has 17 heavy (non-hydrogen) atoms. The van der Waals surface area contributed by atoms with Gasteiger partial charge < -0.3 is 10.7 Å². The van der Waals surface area contributed by atoms with E-state index in [1.165, 1.54) is 0 Å². The van der Waals surface area contributed by atoms with Crippen molar-refractivity contribution in [1.29, 1.82) is 0 Å². The lowest BCUT2D eigenvalue weighted by molar-refractivity contribution is 0.441. The predicted octanol–water partition coefficient (Wildman–Crippen LogP) is 2.21. The van der Waals surface area contributed by atoms with Crippen molar-refractivity contribution in [3.05, 3.63) is 27.4 Å². The third kappa shape index (κ3) is 3.30. The monoisotopic (exact) mass is 259 g/mol. The molecule has 1 atom stereocenters. The summed E-state index contributed by atoms with van der Waals surface area (Å²) in [6.45, 7) is 9.69. The molecule has 1 heterocycles. The first-order valence-corrected chi connectivity index (χ1v) is 5.69. The second kappa shape index (κ2) is 5.65. The molecule has 0 saturated heterocycles. The molecule has 1 unspecified atom stereocenters. The molecule has 0 aliphatic heterocycles. The van der Waals surface area contributed by atoms with Gasteiger partial charge in [-0.15, -0.1) is 12.4 Å². The topological polar surface area (TPSA) is 71.8 Å². The summed E-state index contributed by atoms with van der Waals surface area (Å²) in [6.07, 6.45) is 0.733. The number of aryl methyl sites for hydroxylation is 1. The summed E-state index contributed by atoms with van der Waals surface area (Å²) in [5, 5.41) is 0. The molecule has 1 aromatic heterocycles. The molecule has 1 rings (SSSR count). The van der Waals surface area contributed by atoms with E-state index < -0.39 is 5.54 Å². The summed E-state index contributed by atoms with van der Waals surface area (Å²) in [4.78, 5) is 19.1. The van der Waals surface area contributed by atoms with Crippen molar-refractivity contribution >= 4 is 12.4 Å². The van der Waals surface area contributed by atoms with E-state index in [0.717, 1.165) is 17.7 Å². The Labute approximate surface area is 108 Å². The average molecular weight is 260 g/mol. The molecule has 0 saturated carbocycles. The van der Waals surface area contributed by atoms with Gasteiger partial charge in [-0.1, -0.05) is 20.8 Å². The Hall–Kier alpha value is -0.870. The quantitative estimate of drug-likeness (QED) is 0.874. The van der Waals surface area contributed by atoms with Gasteiger partial charge in [0, 0.05) is 11.3 Å². The molecule has 1 aromatic rings. The van der Waals surface area contributed by atoms with Crippen LogP contribution in [0.2, 0.25) is 0 Å². The average Bonchev–Trinajstić information content (AvgIpc) is 2.15.